The first-order chi connectivity index (χ1) is 37.3. The van der Waals surface area contributed by atoms with Crippen molar-refractivity contribution in [3.63, 3.8) is 0 Å². The van der Waals surface area contributed by atoms with Crippen LogP contribution in [0.3, 0.4) is 0 Å². The van der Waals surface area contributed by atoms with Gasteiger partial charge in [-0.05, 0) is 0 Å². The van der Waals surface area contributed by atoms with Crippen molar-refractivity contribution < 1.29 is 153 Å². The maximum absolute atomic E-state index is 12.5. The molecular weight excluding hydrogens is 1080 g/mol. The van der Waals surface area contributed by atoms with Gasteiger partial charge >= 0.3 is 0 Å². The second-order valence-electron chi connectivity index (χ2n) is 19.5. The van der Waals surface area contributed by atoms with Crippen molar-refractivity contribution in [1.82, 2.24) is 21.3 Å². The molecule has 5 saturated heterocycles. The zero-order valence-electron chi connectivity index (χ0n) is 43.0. The van der Waals surface area contributed by atoms with Crippen molar-refractivity contribution in [2.45, 2.75) is 205 Å². The highest BCUT2D eigenvalue weighted by atomic mass is 16.8. The molecule has 21 N–H and O–H groups in total. The molecule has 0 bridgehead atoms. The summed E-state index contributed by atoms with van der Waals surface area (Å²) in [5, 5.41) is 192. The van der Waals surface area contributed by atoms with Crippen LogP contribution in [0, 0.1) is 0 Å². The molecule has 5 fully saturated rings. The molecule has 0 radical (unpaired) electrons. The predicted molar refractivity (Wildman–Crippen MR) is 248 cm³/mol. The van der Waals surface area contributed by atoms with E-state index in [1.165, 1.54) is 0 Å². The Kier molecular flexibility index (Phi) is 25.2. The fourth-order valence-electron chi connectivity index (χ4n) is 9.63. The molecule has 5 aliphatic rings. The third kappa shape index (κ3) is 15.9. The molecule has 0 spiro atoms. The number of carbonyl (C=O) groups is 4. The van der Waals surface area contributed by atoms with Crippen molar-refractivity contribution in [1.29, 1.82) is 0 Å². The first-order valence-electron chi connectivity index (χ1n) is 25.0. The van der Waals surface area contributed by atoms with E-state index in [0.717, 1.165) is 27.7 Å². The number of hydrogen-bond donors (Lipinski definition) is 21. The van der Waals surface area contributed by atoms with Crippen molar-refractivity contribution >= 4 is 23.6 Å². The summed E-state index contributed by atoms with van der Waals surface area (Å²) in [5.41, 5.74) is 0. The second-order valence-corrected chi connectivity index (χ2v) is 19.5. The summed E-state index contributed by atoms with van der Waals surface area (Å²) in [7, 11) is 0. The molecule has 5 rings (SSSR count). The van der Waals surface area contributed by atoms with Gasteiger partial charge in [0.2, 0.25) is 23.6 Å². The van der Waals surface area contributed by atoms with E-state index in [9.17, 15) is 106 Å². The van der Waals surface area contributed by atoms with Crippen LogP contribution in [0.1, 0.15) is 27.7 Å². The van der Waals surface area contributed by atoms with Gasteiger partial charge in [0, 0.05) is 27.7 Å². The van der Waals surface area contributed by atoms with Gasteiger partial charge in [0.05, 0.1) is 52.3 Å². The molecule has 0 aromatic carbocycles. The first-order valence-corrected chi connectivity index (χ1v) is 25.0. The molecule has 79 heavy (non-hydrogen) atoms. The van der Waals surface area contributed by atoms with E-state index < -0.39 is 248 Å². The Balaban J connectivity index is 1.36. The molecule has 0 aliphatic carbocycles. The molecule has 458 valence electrons. The normalized spacial score (nSPS) is 42.5. The number of carbonyl (C=O) groups excluding carboxylic acids is 4. The summed E-state index contributed by atoms with van der Waals surface area (Å²) in [6.07, 6.45) is -47.5. The minimum atomic E-state index is -2.33. The number of aliphatic hydroxyl groups is 17. The van der Waals surface area contributed by atoms with Crippen LogP contribution in [0.4, 0.5) is 0 Å². The maximum atomic E-state index is 12.5. The molecule has 5 aliphatic heterocycles. The van der Waals surface area contributed by atoms with Gasteiger partial charge in [-0.1, -0.05) is 0 Å². The second kappa shape index (κ2) is 29.9. The van der Waals surface area contributed by atoms with Gasteiger partial charge in [-0.25, -0.2) is 0 Å². The highest BCUT2D eigenvalue weighted by molar-refractivity contribution is 5.74. The standard InChI is InChI=1S/C44H76N4O31/c1-12(55)45-16(5-49)36(26(60)17(59)11-70-40-24(47-14(3)57)31(65)37(21(9-53)74-40)77-41-23(46-13(2)56)30(64)27(61)18(6-50)71-41)76-44-35(69)39(29(63)20(8-52)73-44)79-42-25(48-15(4)58)32(66)38(22(10-54)75-42)78-43-34(68)33(67)28(62)19(7-51)72-43/h16-44,49-54,59-69H,5-11H2,1-4H3,(H,45,55)(H,46,56)(H,47,57)(H,48,58)/t16-,17+,18+,19+,20+,21+,22+,23+,24+,25+,26-,27-,28-,29-,30+,31+,32+,33-,34+,35+,36+,37+,38+,39-,40+,41-,42-,43-,44-/m0/s1. The van der Waals surface area contributed by atoms with Crippen LogP contribution in [-0.2, 0) is 66.5 Å². The van der Waals surface area contributed by atoms with E-state index in [4.69, 9.17) is 47.4 Å². The molecule has 0 aromatic rings. The van der Waals surface area contributed by atoms with Crippen LogP contribution in [0.5, 0.6) is 0 Å². The van der Waals surface area contributed by atoms with Crippen molar-refractivity contribution in [3.8, 4) is 0 Å². The molecule has 29 atom stereocenters. The Morgan fingerprint density at radius 1 is 0.430 bits per heavy atom. The minimum Gasteiger partial charge on any atom is -0.394 e. The molecule has 0 unspecified atom stereocenters. The quantitative estimate of drug-likeness (QED) is 0.0427. The lowest BCUT2D eigenvalue weighted by Crippen LogP contribution is -2.69. The van der Waals surface area contributed by atoms with Gasteiger partial charge in [0.1, 0.15) is 140 Å². The van der Waals surface area contributed by atoms with E-state index >= 15 is 0 Å². The summed E-state index contributed by atoms with van der Waals surface area (Å²) < 4.78 is 57.4. The summed E-state index contributed by atoms with van der Waals surface area (Å²) in [6, 6.07) is -6.69. The van der Waals surface area contributed by atoms with E-state index in [1.54, 1.807) is 0 Å². The average molecular weight is 1160 g/mol. The lowest BCUT2D eigenvalue weighted by Gasteiger charge is -2.49. The van der Waals surface area contributed by atoms with Gasteiger partial charge in [0.15, 0.2) is 31.5 Å². The van der Waals surface area contributed by atoms with Gasteiger partial charge in [-0.3, -0.25) is 19.2 Å². The SMILES string of the molecule is CC(=O)N[C@H]1[C@H](O[C@H]2[C@@H](O)[C@@H](CO)O[C@@H](O[C@@H]([C@@H](O)[C@H](O)CO[C@@H]3O[C@H](CO)[C@@H](O[C@@H]4O[C@H](CO)[C@H](O)[C@H](O)[C@H]4NC(C)=O)[C@H](O)[C@H]3NC(C)=O)[C@H](CO)NC(C)=O)[C@@H]2O)O[C@H](CO)[C@@H](O[C@@H]2O[C@H](CO)[C@H](O)[C@H](O)[C@H]2O)[C@@H]1O. The smallest absolute Gasteiger partial charge is 0.217 e. The first kappa shape index (κ1) is 66.6. The number of nitrogens with one attached hydrogen (secondary N) is 4. The molecule has 0 saturated carbocycles. The van der Waals surface area contributed by atoms with Crippen LogP contribution in [0.2, 0.25) is 0 Å². The summed E-state index contributed by atoms with van der Waals surface area (Å²) in [5.74, 6) is -3.23. The molecule has 35 nitrogen and oxygen atoms in total. The third-order valence-corrected chi connectivity index (χ3v) is 13.7. The lowest BCUT2D eigenvalue weighted by molar-refractivity contribution is -0.372. The van der Waals surface area contributed by atoms with Crippen molar-refractivity contribution in [2.75, 3.05) is 46.2 Å². The van der Waals surface area contributed by atoms with Crippen molar-refractivity contribution in [2.24, 2.45) is 0 Å². The fourth-order valence-corrected chi connectivity index (χ4v) is 9.63. The Morgan fingerprint density at radius 3 is 1.29 bits per heavy atom. The Bertz CT molecular complexity index is 1940. The molecule has 5 heterocycles. The lowest BCUT2D eigenvalue weighted by atomic mass is 9.94. The monoisotopic (exact) mass is 1160 g/mol. The fraction of sp³-hybridized carbons (Fsp3) is 0.909. The molecule has 0 aromatic heterocycles. The minimum absolute atomic E-state index is 0.728. The van der Waals surface area contributed by atoms with E-state index in [1.807, 2.05) is 0 Å². The largest absolute Gasteiger partial charge is 0.394 e. The third-order valence-electron chi connectivity index (χ3n) is 13.7. The van der Waals surface area contributed by atoms with E-state index in [2.05, 4.69) is 21.3 Å². The van der Waals surface area contributed by atoms with Crippen molar-refractivity contribution in [3.05, 3.63) is 0 Å². The number of aliphatic hydroxyl groups excluding tert-OH is 17. The van der Waals surface area contributed by atoms with Crippen LogP contribution < -0.4 is 21.3 Å². The zero-order valence-corrected chi connectivity index (χ0v) is 43.0. The van der Waals surface area contributed by atoms with Crippen LogP contribution >= 0.6 is 0 Å². The van der Waals surface area contributed by atoms with Crippen LogP contribution in [-0.4, -0.2) is 334 Å². The molecular formula is C44H76N4O31. The van der Waals surface area contributed by atoms with Gasteiger partial charge in [0.25, 0.3) is 0 Å². The number of rotatable bonds is 24. The van der Waals surface area contributed by atoms with Gasteiger partial charge < -0.3 is 155 Å². The van der Waals surface area contributed by atoms with Gasteiger partial charge in [-0.15, -0.1) is 0 Å². The predicted octanol–water partition coefficient (Wildman–Crippen LogP) is -13.9. The highest BCUT2D eigenvalue weighted by Crippen LogP contribution is 2.35. The molecule has 35 heteroatoms. The average Bonchev–Trinajstić information content (AvgIpc) is 3.41. The summed E-state index contributed by atoms with van der Waals surface area (Å²) in [6.45, 7) is -2.83. The van der Waals surface area contributed by atoms with E-state index in [0.29, 0.717) is 0 Å². The summed E-state index contributed by atoms with van der Waals surface area (Å²) >= 11 is 0. The molecule has 4 amide bonds. The number of amides is 4. The maximum Gasteiger partial charge on any atom is 0.217 e. The topological polar surface area (TPSA) is 553 Å². The number of hydrogen-bond acceptors (Lipinski definition) is 31. The highest BCUT2D eigenvalue weighted by Gasteiger charge is 2.56. The zero-order chi connectivity index (χ0) is 58.9. The van der Waals surface area contributed by atoms with Gasteiger partial charge in [-0.2, -0.15) is 0 Å². The Morgan fingerprint density at radius 2 is 0.823 bits per heavy atom. The van der Waals surface area contributed by atoms with E-state index in [-0.39, 0.29) is 0 Å². The Hall–Kier alpha value is -3.20. The van der Waals surface area contributed by atoms with Crippen LogP contribution in [0.25, 0.3) is 0 Å². The van der Waals surface area contributed by atoms with Crippen LogP contribution in [0.15, 0.2) is 0 Å². The summed E-state index contributed by atoms with van der Waals surface area (Å²) in [4.78, 5) is 49.4. The Labute approximate surface area is 449 Å². The number of ether oxygens (including phenoxy) is 10.